The molecule has 0 aliphatic carbocycles. The van der Waals surface area contributed by atoms with E-state index in [1.165, 1.54) is 25.1 Å². The number of benzene rings is 1. The summed E-state index contributed by atoms with van der Waals surface area (Å²) < 4.78 is 42.5. The van der Waals surface area contributed by atoms with E-state index in [0.29, 0.717) is 0 Å². The Morgan fingerprint density at radius 2 is 2.00 bits per heavy atom. The second kappa shape index (κ2) is 4.99. The number of aromatic amines is 1. The molecule has 2 aromatic rings. The van der Waals surface area contributed by atoms with Crippen molar-refractivity contribution >= 4 is 22.7 Å². The molecule has 0 aliphatic heterocycles. The Morgan fingerprint density at radius 3 is 2.60 bits per heavy atom. The van der Waals surface area contributed by atoms with Crippen LogP contribution in [0.25, 0.3) is 10.9 Å². The minimum Gasteiger partial charge on any atom is -0.460 e. The van der Waals surface area contributed by atoms with Gasteiger partial charge in [-0.05, 0) is 19.1 Å². The highest BCUT2D eigenvalue weighted by Gasteiger charge is 2.33. The lowest BCUT2D eigenvalue weighted by Gasteiger charge is -2.02. The number of nitrogens with one attached hydrogen (secondary N) is 1. The molecule has 0 saturated carbocycles. The fourth-order valence-electron chi connectivity index (χ4n) is 1.81. The molecule has 0 bridgehead atoms. The van der Waals surface area contributed by atoms with Crippen LogP contribution >= 0.6 is 0 Å². The van der Waals surface area contributed by atoms with Gasteiger partial charge in [0, 0.05) is 16.5 Å². The van der Waals surface area contributed by atoms with E-state index in [1.54, 1.807) is 0 Å². The fourth-order valence-corrected chi connectivity index (χ4v) is 1.81. The highest BCUT2D eigenvalue weighted by molar-refractivity contribution is 6.42. The average Bonchev–Trinajstić information content (AvgIpc) is 2.81. The zero-order valence-electron chi connectivity index (χ0n) is 10.4. The first kappa shape index (κ1) is 14.1. The molecule has 7 heteroatoms. The van der Waals surface area contributed by atoms with Crippen LogP contribution in [0.15, 0.2) is 24.3 Å². The van der Waals surface area contributed by atoms with Crippen molar-refractivity contribution in [3.63, 3.8) is 0 Å². The number of esters is 1. The largest absolute Gasteiger partial charge is 0.460 e. The van der Waals surface area contributed by atoms with Crippen molar-refractivity contribution < 1.29 is 27.5 Å². The number of ketones is 1. The number of Topliss-reactive ketones (excluding diaryl/α,β-unsaturated/α-hetero) is 1. The molecule has 0 unspecified atom stereocenters. The van der Waals surface area contributed by atoms with Crippen LogP contribution in [0.3, 0.4) is 0 Å². The first-order valence-electron chi connectivity index (χ1n) is 5.75. The molecule has 1 aromatic heterocycles. The highest BCUT2D eigenvalue weighted by atomic mass is 19.4. The number of fused-ring (bicyclic) bond motifs is 1. The highest BCUT2D eigenvalue weighted by Crippen LogP contribution is 2.32. The molecule has 1 N–H and O–H groups in total. The van der Waals surface area contributed by atoms with Crippen LogP contribution in [0.4, 0.5) is 13.2 Å². The van der Waals surface area contributed by atoms with Gasteiger partial charge in [-0.3, -0.25) is 4.79 Å². The Kier molecular flexibility index (Phi) is 3.52. The number of hydrogen-bond acceptors (Lipinski definition) is 3. The average molecular weight is 285 g/mol. The van der Waals surface area contributed by atoms with Gasteiger partial charge < -0.3 is 9.72 Å². The molecule has 0 saturated heterocycles. The molecule has 1 aromatic carbocycles. The first-order chi connectivity index (χ1) is 9.34. The lowest BCUT2D eigenvalue weighted by atomic mass is 10.1. The maximum atomic E-state index is 12.6. The van der Waals surface area contributed by atoms with Crippen LogP contribution in [0.1, 0.15) is 23.0 Å². The lowest BCUT2D eigenvalue weighted by Crippen LogP contribution is -2.17. The van der Waals surface area contributed by atoms with E-state index in [-0.39, 0.29) is 23.1 Å². The van der Waals surface area contributed by atoms with Gasteiger partial charge in [-0.25, -0.2) is 4.79 Å². The van der Waals surface area contributed by atoms with Gasteiger partial charge in [0.25, 0.3) is 5.78 Å². The molecule has 0 spiro atoms. The van der Waals surface area contributed by atoms with E-state index < -0.39 is 23.6 Å². The van der Waals surface area contributed by atoms with Crippen LogP contribution < -0.4 is 0 Å². The summed E-state index contributed by atoms with van der Waals surface area (Å²) >= 11 is 0. The first-order valence-corrected chi connectivity index (χ1v) is 5.75. The number of ether oxygens (including phenoxy) is 1. The number of carbonyl (C=O) groups is 2. The molecule has 20 heavy (non-hydrogen) atoms. The number of aromatic nitrogens is 1. The molecule has 2 rings (SSSR count). The van der Waals surface area contributed by atoms with Gasteiger partial charge >= 0.3 is 12.1 Å². The van der Waals surface area contributed by atoms with Crippen LogP contribution in [-0.4, -0.2) is 23.3 Å². The van der Waals surface area contributed by atoms with Crippen molar-refractivity contribution in [2.75, 3.05) is 6.61 Å². The maximum absolute atomic E-state index is 12.6. The van der Waals surface area contributed by atoms with E-state index in [4.69, 9.17) is 0 Å². The van der Waals surface area contributed by atoms with Gasteiger partial charge in [0.15, 0.2) is 0 Å². The van der Waals surface area contributed by atoms with E-state index >= 15 is 0 Å². The van der Waals surface area contributed by atoms with Gasteiger partial charge in [-0.1, -0.05) is 12.1 Å². The molecule has 1 heterocycles. The van der Waals surface area contributed by atoms with Crippen molar-refractivity contribution in [2.45, 2.75) is 13.1 Å². The van der Waals surface area contributed by atoms with Crippen LogP contribution in [0.2, 0.25) is 0 Å². The summed E-state index contributed by atoms with van der Waals surface area (Å²) in [6, 6.07) is 4.88. The van der Waals surface area contributed by atoms with E-state index in [2.05, 4.69) is 9.72 Å². The molecule has 0 fully saturated rings. The Balaban J connectivity index is 2.52. The van der Waals surface area contributed by atoms with Crippen molar-refractivity contribution in [3.8, 4) is 0 Å². The zero-order chi connectivity index (χ0) is 14.9. The van der Waals surface area contributed by atoms with Crippen molar-refractivity contribution in [2.24, 2.45) is 0 Å². The summed E-state index contributed by atoms with van der Waals surface area (Å²) in [6.07, 6.45) is -4.55. The summed E-state index contributed by atoms with van der Waals surface area (Å²) in [5, 5.41) is 0.0397. The Bertz CT molecular complexity index is 673. The Labute approximate surface area is 111 Å². The predicted molar refractivity (Wildman–Crippen MR) is 64.3 cm³/mol. The molecular formula is C13H10F3NO3. The van der Waals surface area contributed by atoms with Gasteiger partial charge in [0.05, 0.1) is 6.61 Å². The quantitative estimate of drug-likeness (QED) is 0.536. The minimum atomic E-state index is -4.55. The number of halogens is 3. The Hall–Kier alpha value is -2.31. The second-order valence-electron chi connectivity index (χ2n) is 4.00. The third kappa shape index (κ3) is 2.52. The summed E-state index contributed by atoms with van der Waals surface area (Å²) in [4.78, 5) is 25.4. The number of H-pyrrole nitrogens is 1. The lowest BCUT2D eigenvalue weighted by molar-refractivity contribution is -0.140. The van der Waals surface area contributed by atoms with Gasteiger partial charge in [-0.15, -0.1) is 0 Å². The minimum absolute atomic E-state index is 0.0154. The van der Waals surface area contributed by atoms with E-state index in [1.807, 2.05) is 0 Å². The topological polar surface area (TPSA) is 59.2 Å². The van der Waals surface area contributed by atoms with Gasteiger partial charge in [0.2, 0.25) is 0 Å². The zero-order valence-corrected chi connectivity index (χ0v) is 10.4. The smallest absolute Gasteiger partial charge is 0.431 e. The fraction of sp³-hybridized carbons (Fsp3) is 0.231. The number of carbonyl (C=O) groups excluding carboxylic acids is 2. The third-order valence-corrected chi connectivity index (χ3v) is 2.67. The third-order valence-electron chi connectivity index (χ3n) is 2.67. The molecule has 0 radical (unpaired) electrons. The molecule has 106 valence electrons. The normalized spacial score (nSPS) is 11.6. The predicted octanol–water partition coefficient (Wildman–Crippen LogP) is 2.93. The monoisotopic (exact) mass is 285 g/mol. The molecule has 4 nitrogen and oxygen atoms in total. The SMILES string of the molecule is CCOC(=O)C(=O)c1cccc2[nH]c(C(F)(F)F)cc12. The van der Waals surface area contributed by atoms with Crippen LogP contribution in [0.5, 0.6) is 0 Å². The van der Waals surface area contributed by atoms with Gasteiger partial charge in [0.1, 0.15) is 5.69 Å². The van der Waals surface area contributed by atoms with E-state index in [0.717, 1.165) is 6.07 Å². The summed E-state index contributed by atoms with van der Waals surface area (Å²) in [5.41, 5.74) is -0.961. The molecule has 0 aliphatic rings. The number of alkyl halides is 3. The summed E-state index contributed by atoms with van der Waals surface area (Å²) in [6.45, 7) is 1.55. The maximum Gasteiger partial charge on any atom is 0.431 e. The molecule has 0 amide bonds. The Morgan fingerprint density at radius 1 is 1.30 bits per heavy atom. The van der Waals surface area contributed by atoms with Crippen LogP contribution in [-0.2, 0) is 15.7 Å². The van der Waals surface area contributed by atoms with Crippen molar-refractivity contribution in [3.05, 3.63) is 35.5 Å². The number of rotatable bonds is 3. The van der Waals surface area contributed by atoms with Crippen molar-refractivity contribution in [1.82, 2.24) is 4.98 Å². The summed E-state index contributed by atoms with van der Waals surface area (Å²) in [7, 11) is 0. The summed E-state index contributed by atoms with van der Waals surface area (Å²) in [5.74, 6) is -2.06. The van der Waals surface area contributed by atoms with E-state index in [9.17, 15) is 22.8 Å². The van der Waals surface area contributed by atoms with Gasteiger partial charge in [-0.2, -0.15) is 13.2 Å². The van der Waals surface area contributed by atoms with Crippen LogP contribution in [0, 0.1) is 0 Å². The standard InChI is InChI=1S/C13H10F3NO3/c1-2-20-12(19)11(18)7-4-3-5-9-8(7)6-10(17-9)13(14,15)16/h3-6,17H,2H2,1H3. The number of hydrogen-bond donors (Lipinski definition) is 1. The molecule has 0 atom stereocenters. The molecular weight excluding hydrogens is 275 g/mol. The van der Waals surface area contributed by atoms with Crippen molar-refractivity contribution in [1.29, 1.82) is 0 Å². The second-order valence-corrected chi connectivity index (χ2v) is 4.00.